The zero-order chi connectivity index (χ0) is 22.8. The fourth-order valence-electron chi connectivity index (χ4n) is 2.63. The van der Waals surface area contributed by atoms with Crippen molar-refractivity contribution in [3.8, 4) is 17.6 Å². The Balaban J connectivity index is 1.70. The summed E-state index contributed by atoms with van der Waals surface area (Å²) in [4.78, 5) is 28.4. The maximum absolute atomic E-state index is 12.3. The van der Waals surface area contributed by atoms with Crippen molar-refractivity contribution < 1.29 is 19.1 Å². The lowest BCUT2D eigenvalue weighted by Gasteiger charge is -2.13. The second-order valence-electron chi connectivity index (χ2n) is 6.30. The summed E-state index contributed by atoms with van der Waals surface area (Å²) in [7, 11) is 0. The Hall–Kier alpha value is -4.16. The number of amides is 2. The van der Waals surface area contributed by atoms with Gasteiger partial charge in [0.25, 0.3) is 11.8 Å². The van der Waals surface area contributed by atoms with Crippen LogP contribution >= 0.6 is 11.3 Å². The molecule has 3 rings (SSSR count). The predicted molar refractivity (Wildman–Crippen MR) is 123 cm³/mol. The van der Waals surface area contributed by atoms with E-state index >= 15 is 0 Å². The van der Waals surface area contributed by atoms with E-state index in [2.05, 4.69) is 15.6 Å². The highest BCUT2D eigenvalue weighted by molar-refractivity contribution is 7.13. The van der Waals surface area contributed by atoms with Gasteiger partial charge in [0.2, 0.25) is 0 Å². The molecule has 32 heavy (non-hydrogen) atoms. The summed E-state index contributed by atoms with van der Waals surface area (Å²) in [5.41, 5.74) is 1.16. The molecule has 0 radical (unpaired) electrons. The minimum Gasteiger partial charge on any atom is -0.490 e. The molecule has 8 nitrogen and oxygen atoms in total. The molecule has 1 heterocycles. The smallest absolute Gasteiger partial charge is 0.268 e. The number of para-hydroxylation sites is 1. The van der Waals surface area contributed by atoms with Gasteiger partial charge in [0.15, 0.2) is 23.2 Å². The number of aromatic nitrogens is 1. The van der Waals surface area contributed by atoms with Crippen molar-refractivity contribution in [2.24, 2.45) is 0 Å². The number of benzene rings is 2. The summed E-state index contributed by atoms with van der Waals surface area (Å²) in [6.07, 6.45) is 3.00. The van der Waals surface area contributed by atoms with E-state index in [-0.39, 0.29) is 18.1 Å². The van der Waals surface area contributed by atoms with Crippen LogP contribution in [0, 0.1) is 11.3 Å². The molecule has 2 aromatic carbocycles. The average molecular weight is 449 g/mol. The maximum atomic E-state index is 12.3. The first-order chi connectivity index (χ1) is 15.6. The van der Waals surface area contributed by atoms with Crippen LogP contribution in [0.5, 0.6) is 11.5 Å². The zero-order valence-electron chi connectivity index (χ0n) is 17.2. The van der Waals surface area contributed by atoms with Crippen molar-refractivity contribution in [3.63, 3.8) is 0 Å². The first-order valence-electron chi connectivity index (χ1n) is 9.66. The topological polar surface area (TPSA) is 113 Å². The number of hydrogen-bond donors (Lipinski definition) is 2. The third-order valence-corrected chi connectivity index (χ3v) is 4.70. The molecule has 0 unspecified atom stereocenters. The summed E-state index contributed by atoms with van der Waals surface area (Å²) in [5, 5.41) is 16.8. The summed E-state index contributed by atoms with van der Waals surface area (Å²) in [5.74, 6) is -0.101. The number of hydrogen-bond acceptors (Lipinski definition) is 7. The van der Waals surface area contributed by atoms with Crippen LogP contribution in [-0.4, -0.2) is 30.0 Å². The third kappa shape index (κ3) is 6.42. The van der Waals surface area contributed by atoms with E-state index in [4.69, 9.17) is 9.47 Å². The SMILES string of the molecule is CCOc1cc(/C=C(\C#N)C(=O)Nc2nccs2)ccc1OCC(=O)Nc1ccccc1. The van der Waals surface area contributed by atoms with Crippen LogP contribution in [0.1, 0.15) is 12.5 Å². The van der Waals surface area contributed by atoms with Crippen molar-refractivity contribution >= 4 is 40.0 Å². The van der Waals surface area contributed by atoms with Gasteiger partial charge in [-0.25, -0.2) is 4.98 Å². The van der Waals surface area contributed by atoms with Gasteiger partial charge in [-0.1, -0.05) is 24.3 Å². The van der Waals surface area contributed by atoms with E-state index in [1.807, 2.05) is 31.2 Å². The summed E-state index contributed by atoms with van der Waals surface area (Å²) in [6.45, 7) is 1.98. The van der Waals surface area contributed by atoms with Crippen LogP contribution in [0.2, 0.25) is 0 Å². The number of anilines is 2. The Labute approximate surface area is 189 Å². The molecule has 1 aromatic heterocycles. The molecule has 162 valence electrons. The van der Waals surface area contributed by atoms with Gasteiger partial charge in [-0.05, 0) is 42.8 Å². The van der Waals surface area contributed by atoms with E-state index in [0.717, 1.165) is 0 Å². The maximum Gasteiger partial charge on any atom is 0.268 e. The minimum absolute atomic E-state index is 0.0847. The number of nitrogens with one attached hydrogen (secondary N) is 2. The number of ether oxygens (including phenoxy) is 2. The molecular weight excluding hydrogens is 428 g/mol. The minimum atomic E-state index is -0.557. The molecule has 0 aliphatic heterocycles. The van der Waals surface area contributed by atoms with Crippen molar-refractivity contribution in [2.45, 2.75) is 6.92 Å². The van der Waals surface area contributed by atoms with Crippen molar-refractivity contribution in [2.75, 3.05) is 23.8 Å². The Morgan fingerprint density at radius 3 is 2.62 bits per heavy atom. The van der Waals surface area contributed by atoms with Gasteiger partial charge in [0.1, 0.15) is 11.6 Å². The lowest BCUT2D eigenvalue weighted by Crippen LogP contribution is -2.20. The molecule has 0 fully saturated rings. The highest BCUT2D eigenvalue weighted by atomic mass is 32.1. The van der Waals surface area contributed by atoms with E-state index in [0.29, 0.717) is 34.5 Å². The Bertz CT molecular complexity index is 1140. The molecule has 0 atom stereocenters. The third-order valence-electron chi connectivity index (χ3n) is 4.01. The predicted octanol–water partition coefficient (Wildman–Crippen LogP) is 4.10. The number of carbonyl (C=O) groups excluding carboxylic acids is 2. The lowest BCUT2D eigenvalue weighted by atomic mass is 10.1. The molecule has 2 amide bonds. The Morgan fingerprint density at radius 1 is 1.12 bits per heavy atom. The lowest BCUT2D eigenvalue weighted by molar-refractivity contribution is -0.118. The fourth-order valence-corrected chi connectivity index (χ4v) is 3.15. The molecule has 0 bridgehead atoms. The van der Waals surface area contributed by atoms with Crippen LogP contribution in [-0.2, 0) is 9.59 Å². The van der Waals surface area contributed by atoms with Crippen molar-refractivity contribution in [1.82, 2.24) is 4.98 Å². The van der Waals surface area contributed by atoms with Gasteiger partial charge in [-0.15, -0.1) is 11.3 Å². The zero-order valence-corrected chi connectivity index (χ0v) is 18.0. The van der Waals surface area contributed by atoms with Gasteiger partial charge in [0.05, 0.1) is 6.61 Å². The number of carbonyl (C=O) groups is 2. The second-order valence-corrected chi connectivity index (χ2v) is 7.20. The molecule has 0 saturated carbocycles. The van der Waals surface area contributed by atoms with Crippen LogP contribution in [0.4, 0.5) is 10.8 Å². The van der Waals surface area contributed by atoms with Crippen LogP contribution in [0.15, 0.2) is 65.7 Å². The Morgan fingerprint density at radius 2 is 1.94 bits per heavy atom. The molecule has 2 N–H and O–H groups in total. The van der Waals surface area contributed by atoms with Crippen molar-refractivity contribution in [3.05, 3.63) is 71.2 Å². The largest absolute Gasteiger partial charge is 0.490 e. The summed E-state index contributed by atoms with van der Waals surface area (Å²) >= 11 is 1.26. The van der Waals surface area contributed by atoms with E-state index < -0.39 is 5.91 Å². The molecule has 0 spiro atoms. The highest BCUT2D eigenvalue weighted by Crippen LogP contribution is 2.29. The number of nitrogens with zero attached hydrogens (tertiary/aromatic N) is 2. The second kappa shape index (κ2) is 11.3. The van der Waals surface area contributed by atoms with Gasteiger partial charge < -0.3 is 14.8 Å². The Kier molecular flexibility index (Phi) is 7.95. The van der Waals surface area contributed by atoms with Gasteiger partial charge in [-0.3, -0.25) is 14.9 Å². The molecule has 0 saturated heterocycles. The molecule has 9 heteroatoms. The number of rotatable bonds is 9. The van der Waals surface area contributed by atoms with E-state index in [1.54, 1.807) is 41.9 Å². The van der Waals surface area contributed by atoms with Crippen LogP contribution < -0.4 is 20.1 Å². The average Bonchev–Trinajstić information content (AvgIpc) is 3.30. The van der Waals surface area contributed by atoms with Crippen molar-refractivity contribution in [1.29, 1.82) is 5.26 Å². The number of nitriles is 1. The van der Waals surface area contributed by atoms with Gasteiger partial charge >= 0.3 is 0 Å². The monoisotopic (exact) mass is 448 g/mol. The fraction of sp³-hybridized carbons (Fsp3) is 0.130. The quantitative estimate of drug-likeness (QED) is 0.376. The first kappa shape index (κ1) is 22.5. The van der Waals surface area contributed by atoms with Gasteiger partial charge in [0, 0.05) is 17.3 Å². The standard InChI is InChI=1S/C23H20N4O4S/c1-2-30-20-13-16(12-17(14-24)22(29)27-23-25-10-11-32-23)8-9-19(20)31-15-21(28)26-18-6-4-3-5-7-18/h3-13H,2,15H2,1H3,(H,26,28)(H,25,27,29)/b17-12+. The summed E-state index contributed by atoms with van der Waals surface area (Å²) < 4.78 is 11.2. The van der Waals surface area contributed by atoms with E-state index in [1.165, 1.54) is 17.4 Å². The molecule has 0 aliphatic rings. The molecule has 0 aliphatic carbocycles. The van der Waals surface area contributed by atoms with E-state index in [9.17, 15) is 14.9 Å². The van der Waals surface area contributed by atoms with Crippen LogP contribution in [0.3, 0.4) is 0 Å². The molecular formula is C23H20N4O4S. The number of thiazole rings is 1. The summed E-state index contributed by atoms with van der Waals surface area (Å²) in [6, 6.07) is 15.9. The highest BCUT2D eigenvalue weighted by Gasteiger charge is 2.13. The van der Waals surface area contributed by atoms with Gasteiger partial charge in [-0.2, -0.15) is 5.26 Å². The van der Waals surface area contributed by atoms with Crippen LogP contribution in [0.25, 0.3) is 6.08 Å². The molecule has 3 aromatic rings. The normalized spacial score (nSPS) is 10.7. The first-order valence-corrected chi connectivity index (χ1v) is 10.5.